The molecule has 0 aliphatic heterocycles. The first-order chi connectivity index (χ1) is 8.24. The number of ether oxygens (including phenoxy) is 1. The molecule has 0 bridgehead atoms. The summed E-state index contributed by atoms with van der Waals surface area (Å²) in [5.74, 6) is 0.819. The first-order valence-electron chi connectivity index (χ1n) is 6.58. The average Bonchev–Trinajstić information content (AvgIpc) is 2.35. The Kier molecular flexibility index (Phi) is 6.06. The molecule has 1 unspecified atom stereocenters. The SMILES string of the molecule is CCCCc1cccc(OC)c1C(O)CCC. The third-order valence-electron chi connectivity index (χ3n) is 3.07. The van der Waals surface area contributed by atoms with Crippen LogP contribution in [0.5, 0.6) is 5.75 Å². The molecule has 0 aromatic heterocycles. The molecule has 0 amide bonds. The van der Waals surface area contributed by atoms with E-state index in [2.05, 4.69) is 19.9 Å². The highest BCUT2D eigenvalue weighted by Gasteiger charge is 2.16. The van der Waals surface area contributed by atoms with Gasteiger partial charge in [-0.05, 0) is 30.9 Å². The van der Waals surface area contributed by atoms with Crippen molar-refractivity contribution in [3.8, 4) is 5.75 Å². The zero-order valence-corrected chi connectivity index (χ0v) is 11.2. The van der Waals surface area contributed by atoms with Crippen molar-refractivity contribution >= 4 is 0 Å². The fourth-order valence-corrected chi connectivity index (χ4v) is 2.15. The van der Waals surface area contributed by atoms with Crippen LogP contribution in [-0.4, -0.2) is 12.2 Å². The lowest BCUT2D eigenvalue weighted by atomic mass is 9.95. The van der Waals surface area contributed by atoms with Gasteiger partial charge in [0, 0.05) is 5.56 Å². The summed E-state index contributed by atoms with van der Waals surface area (Å²) in [4.78, 5) is 0. The minimum absolute atomic E-state index is 0.400. The minimum atomic E-state index is -0.400. The molecular formula is C15H24O2. The largest absolute Gasteiger partial charge is 0.496 e. The molecule has 2 heteroatoms. The van der Waals surface area contributed by atoms with Gasteiger partial charge in [0.1, 0.15) is 5.75 Å². The quantitative estimate of drug-likeness (QED) is 0.778. The molecule has 96 valence electrons. The Morgan fingerprint density at radius 3 is 2.59 bits per heavy atom. The van der Waals surface area contributed by atoms with Gasteiger partial charge in [-0.15, -0.1) is 0 Å². The molecule has 0 saturated heterocycles. The molecule has 1 atom stereocenters. The van der Waals surface area contributed by atoms with E-state index in [9.17, 15) is 5.11 Å². The number of hydrogen-bond donors (Lipinski definition) is 1. The molecule has 0 saturated carbocycles. The van der Waals surface area contributed by atoms with E-state index in [0.29, 0.717) is 0 Å². The van der Waals surface area contributed by atoms with Gasteiger partial charge in [-0.1, -0.05) is 38.8 Å². The number of hydrogen-bond acceptors (Lipinski definition) is 2. The van der Waals surface area contributed by atoms with E-state index in [0.717, 1.165) is 37.0 Å². The van der Waals surface area contributed by atoms with Crippen LogP contribution in [0.15, 0.2) is 18.2 Å². The number of benzene rings is 1. The lowest BCUT2D eigenvalue weighted by Crippen LogP contribution is -2.05. The maximum absolute atomic E-state index is 10.2. The van der Waals surface area contributed by atoms with Gasteiger partial charge < -0.3 is 9.84 Å². The molecule has 1 N–H and O–H groups in total. The molecule has 0 aliphatic carbocycles. The molecule has 0 fully saturated rings. The summed E-state index contributed by atoms with van der Waals surface area (Å²) < 4.78 is 5.37. The third kappa shape index (κ3) is 3.74. The molecule has 0 spiro atoms. The van der Waals surface area contributed by atoms with Crippen molar-refractivity contribution in [3.63, 3.8) is 0 Å². The van der Waals surface area contributed by atoms with Gasteiger partial charge in [0.2, 0.25) is 0 Å². The van der Waals surface area contributed by atoms with Crippen LogP contribution in [0.4, 0.5) is 0 Å². The lowest BCUT2D eigenvalue weighted by Gasteiger charge is -2.18. The summed E-state index contributed by atoms with van der Waals surface area (Å²) in [6.07, 6.45) is 4.71. The van der Waals surface area contributed by atoms with Gasteiger partial charge in [-0.3, -0.25) is 0 Å². The topological polar surface area (TPSA) is 29.5 Å². The summed E-state index contributed by atoms with van der Waals surface area (Å²) in [7, 11) is 1.67. The number of rotatable bonds is 7. The van der Waals surface area contributed by atoms with Crippen LogP contribution >= 0.6 is 0 Å². The molecule has 1 rings (SSSR count). The summed E-state index contributed by atoms with van der Waals surface area (Å²) in [6.45, 7) is 4.27. The van der Waals surface area contributed by atoms with E-state index in [-0.39, 0.29) is 0 Å². The summed E-state index contributed by atoms with van der Waals surface area (Å²) in [5.41, 5.74) is 2.22. The van der Waals surface area contributed by atoms with Gasteiger partial charge in [-0.25, -0.2) is 0 Å². The Bertz CT molecular complexity index is 334. The molecule has 0 heterocycles. The van der Waals surface area contributed by atoms with Crippen LogP contribution in [0.25, 0.3) is 0 Å². The number of unbranched alkanes of at least 4 members (excludes halogenated alkanes) is 1. The molecule has 0 aliphatic rings. The molecule has 17 heavy (non-hydrogen) atoms. The maximum Gasteiger partial charge on any atom is 0.124 e. The first kappa shape index (κ1) is 14.0. The predicted octanol–water partition coefficient (Wildman–Crippen LogP) is 3.87. The second-order valence-corrected chi connectivity index (χ2v) is 4.44. The standard InChI is InChI=1S/C15H24O2/c1-4-6-9-12-10-7-11-14(17-3)15(12)13(16)8-5-2/h7,10-11,13,16H,4-6,8-9H2,1-3H3. The monoisotopic (exact) mass is 236 g/mol. The molecule has 1 aromatic rings. The number of aliphatic hydroxyl groups excluding tert-OH is 1. The zero-order chi connectivity index (χ0) is 12.7. The van der Waals surface area contributed by atoms with Crippen LogP contribution in [0.1, 0.15) is 56.8 Å². The number of aryl methyl sites for hydroxylation is 1. The highest BCUT2D eigenvalue weighted by atomic mass is 16.5. The Hall–Kier alpha value is -1.02. The summed E-state index contributed by atoms with van der Waals surface area (Å²) in [5, 5.41) is 10.2. The molecule has 1 aromatic carbocycles. The molecular weight excluding hydrogens is 212 g/mol. The summed E-state index contributed by atoms with van der Waals surface area (Å²) >= 11 is 0. The second-order valence-electron chi connectivity index (χ2n) is 4.44. The Morgan fingerprint density at radius 2 is 2.00 bits per heavy atom. The zero-order valence-electron chi connectivity index (χ0n) is 11.2. The van der Waals surface area contributed by atoms with E-state index >= 15 is 0 Å². The van der Waals surface area contributed by atoms with Crippen LogP contribution in [-0.2, 0) is 6.42 Å². The van der Waals surface area contributed by atoms with Gasteiger partial charge in [0.25, 0.3) is 0 Å². The lowest BCUT2D eigenvalue weighted by molar-refractivity contribution is 0.161. The van der Waals surface area contributed by atoms with Crippen molar-refractivity contribution in [2.75, 3.05) is 7.11 Å². The van der Waals surface area contributed by atoms with Crippen molar-refractivity contribution in [1.29, 1.82) is 0 Å². The van der Waals surface area contributed by atoms with Crippen molar-refractivity contribution in [1.82, 2.24) is 0 Å². The number of methoxy groups -OCH3 is 1. The van der Waals surface area contributed by atoms with E-state index < -0.39 is 6.10 Å². The van der Waals surface area contributed by atoms with E-state index in [1.807, 2.05) is 12.1 Å². The summed E-state index contributed by atoms with van der Waals surface area (Å²) in [6, 6.07) is 6.04. The Morgan fingerprint density at radius 1 is 1.24 bits per heavy atom. The van der Waals surface area contributed by atoms with E-state index in [1.165, 1.54) is 12.0 Å². The average molecular weight is 236 g/mol. The highest BCUT2D eigenvalue weighted by Crippen LogP contribution is 2.32. The minimum Gasteiger partial charge on any atom is -0.496 e. The van der Waals surface area contributed by atoms with Crippen LogP contribution in [0, 0.1) is 0 Å². The Balaban J connectivity index is 3.01. The van der Waals surface area contributed by atoms with Crippen LogP contribution < -0.4 is 4.74 Å². The smallest absolute Gasteiger partial charge is 0.124 e. The highest BCUT2D eigenvalue weighted by molar-refractivity contribution is 5.42. The van der Waals surface area contributed by atoms with Crippen LogP contribution in [0.2, 0.25) is 0 Å². The van der Waals surface area contributed by atoms with E-state index in [1.54, 1.807) is 7.11 Å². The van der Waals surface area contributed by atoms with Gasteiger partial charge in [0.05, 0.1) is 13.2 Å². The van der Waals surface area contributed by atoms with Crippen molar-refractivity contribution in [3.05, 3.63) is 29.3 Å². The van der Waals surface area contributed by atoms with E-state index in [4.69, 9.17) is 4.74 Å². The van der Waals surface area contributed by atoms with Crippen LogP contribution in [0.3, 0.4) is 0 Å². The van der Waals surface area contributed by atoms with Crippen molar-refractivity contribution in [2.24, 2.45) is 0 Å². The third-order valence-corrected chi connectivity index (χ3v) is 3.07. The normalized spacial score (nSPS) is 12.5. The fourth-order valence-electron chi connectivity index (χ4n) is 2.15. The van der Waals surface area contributed by atoms with Gasteiger partial charge in [-0.2, -0.15) is 0 Å². The molecule has 0 radical (unpaired) electrons. The Labute approximate surface area is 105 Å². The second kappa shape index (κ2) is 7.33. The fraction of sp³-hybridized carbons (Fsp3) is 0.600. The first-order valence-corrected chi connectivity index (χ1v) is 6.58. The van der Waals surface area contributed by atoms with Crippen molar-refractivity contribution in [2.45, 2.75) is 52.1 Å². The van der Waals surface area contributed by atoms with Gasteiger partial charge >= 0.3 is 0 Å². The van der Waals surface area contributed by atoms with Gasteiger partial charge in [0.15, 0.2) is 0 Å². The van der Waals surface area contributed by atoms with Crippen molar-refractivity contribution < 1.29 is 9.84 Å². The predicted molar refractivity (Wildman–Crippen MR) is 71.5 cm³/mol. The maximum atomic E-state index is 10.2. The number of aliphatic hydroxyl groups is 1. The molecule has 2 nitrogen and oxygen atoms in total.